The largest absolute Gasteiger partial charge is 0.494 e. The zero-order valence-corrected chi connectivity index (χ0v) is 14.6. The van der Waals surface area contributed by atoms with Crippen molar-refractivity contribution in [1.29, 1.82) is 0 Å². The number of hydrogen-bond donors (Lipinski definition) is 1. The third-order valence-electron chi connectivity index (χ3n) is 3.60. The summed E-state index contributed by atoms with van der Waals surface area (Å²) in [6.45, 7) is 7.17. The van der Waals surface area contributed by atoms with E-state index in [9.17, 15) is 4.79 Å². The van der Waals surface area contributed by atoms with E-state index in [1.54, 1.807) is 0 Å². The first-order chi connectivity index (χ1) is 11.5. The molecule has 0 fully saturated rings. The van der Waals surface area contributed by atoms with Crippen molar-refractivity contribution < 1.29 is 14.3 Å². The van der Waals surface area contributed by atoms with Crippen LogP contribution in [0.2, 0.25) is 0 Å². The number of amides is 1. The molecule has 2 aromatic carbocycles. The summed E-state index contributed by atoms with van der Waals surface area (Å²) < 4.78 is 11.2. The van der Waals surface area contributed by atoms with Gasteiger partial charge in [0.2, 0.25) is 0 Å². The van der Waals surface area contributed by atoms with E-state index in [2.05, 4.69) is 5.32 Å². The molecular weight excluding hydrogens is 302 g/mol. The molecule has 0 aliphatic heterocycles. The van der Waals surface area contributed by atoms with Gasteiger partial charge in [-0.3, -0.25) is 4.79 Å². The minimum absolute atomic E-state index is 0.0308. The number of carbonyl (C=O) groups excluding carboxylic acids is 1. The quantitative estimate of drug-likeness (QED) is 0.754. The van der Waals surface area contributed by atoms with Gasteiger partial charge in [-0.2, -0.15) is 0 Å². The lowest BCUT2D eigenvalue weighted by atomic mass is 10.1. The van der Waals surface area contributed by atoms with Crippen molar-refractivity contribution in [2.45, 2.75) is 27.2 Å². The van der Waals surface area contributed by atoms with Crippen molar-refractivity contribution in [1.82, 2.24) is 5.32 Å². The molecular formula is C20H25NO3. The lowest BCUT2D eigenvalue weighted by Gasteiger charge is -2.11. The summed E-state index contributed by atoms with van der Waals surface area (Å²) in [5, 5.41) is 2.84. The molecule has 0 aromatic heterocycles. The fraction of sp³-hybridized carbons (Fsp3) is 0.350. The molecule has 0 bridgehead atoms. The van der Waals surface area contributed by atoms with Crippen LogP contribution in [0, 0.1) is 20.8 Å². The SMILES string of the molecule is Cc1cccc(OCCCNC(=O)COc2cc(C)ccc2C)c1. The normalized spacial score (nSPS) is 10.3. The van der Waals surface area contributed by atoms with Crippen LogP contribution in [0.4, 0.5) is 0 Å². The number of nitrogens with one attached hydrogen (secondary N) is 1. The molecule has 0 atom stereocenters. The van der Waals surface area contributed by atoms with Gasteiger partial charge in [-0.15, -0.1) is 0 Å². The van der Waals surface area contributed by atoms with Crippen molar-refractivity contribution in [2.75, 3.05) is 19.8 Å². The number of hydrogen-bond acceptors (Lipinski definition) is 3. The standard InChI is InChI=1S/C20H25NO3/c1-15-6-4-7-18(12-15)23-11-5-10-21-20(22)14-24-19-13-16(2)8-9-17(19)3/h4,6-9,12-13H,5,10-11,14H2,1-3H3,(H,21,22). The van der Waals surface area contributed by atoms with Gasteiger partial charge in [0.1, 0.15) is 11.5 Å². The topological polar surface area (TPSA) is 47.6 Å². The average molecular weight is 327 g/mol. The van der Waals surface area contributed by atoms with Gasteiger partial charge in [-0.25, -0.2) is 0 Å². The van der Waals surface area contributed by atoms with Gasteiger partial charge in [0.05, 0.1) is 6.61 Å². The van der Waals surface area contributed by atoms with Gasteiger partial charge >= 0.3 is 0 Å². The molecule has 0 aliphatic carbocycles. The molecule has 4 nitrogen and oxygen atoms in total. The van der Waals surface area contributed by atoms with Gasteiger partial charge in [-0.1, -0.05) is 24.3 Å². The maximum absolute atomic E-state index is 11.8. The number of carbonyl (C=O) groups is 1. The maximum Gasteiger partial charge on any atom is 0.257 e. The maximum atomic E-state index is 11.8. The highest BCUT2D eigenvalue weighted by molar-refractivity contribution is 5.77. The third kappa shape index (κ3) is 5.95. The third-order valence-corrected chi connectivity index (χ3v) is 3.60. The van der Waals surface area contributed by atoms with Gasteiger partial charge in [0.15, 0.2) is 6.61 Å². The fourth-order valence-electron chi connectivity index (χ4n) is 2.25. The summed E-state index contributed by atoms with van der Waals surface area (Å²) in [5.41, 5.74) is 3.31. The van der Waals surface area contributed by atoms with E-state index < -0.39 is 0 Å². The van der Waals surface area contributed by atoms with Gasteiger partial charge in [-0.05, 0) is 62.1 Å². The molecule has 0 radical (unpaired) electrons. The van der Waals surface area contributed by atoms with Crippen LogP contribution < -0.4 is 14.8 Å². The van der Waals surface area contributed by atoms with Crippen LogP contribution in [0.1, 0.15) is 23.1 Å². The van der Waals surface area contributed by atoms with E-state index in [1.807, 2.05) is 63.2 Å². The summed E-state index contributed by atoms with van der Waals surface area (Å²) in [7, 11) is 0. The van der Waals surface area contributed by atoms with E-state index in [4.69, 9.17) is 9.47 Å². The second kappa shape index (κ2) is 8.96. The van der Waals surface area contributed by atoms with Gasteiger partial charge < -0.3 is 14.8 Å². The molecule has 4 heteroatoms. The summed E-state index contributed by atoms with van der Waals surface area (Å²) >= 11 is 0. The smallest absolute Gasteiger partial charge is 0.257 e. The second-order valence-corrected chi connectivity index (χ2v) is 5.93. The highest BCUT2D eigenvalue weighted by atomic mass is 16.5. The van der Waals surface area contributed by atoms with Crippen molar-refractivity contribution >= 4 is 5.91 Å². The molecule has 128 valence electrons. The Kier molecular flexibility index (Phi) is 6.67. The van der Waals surface area contributed by atoms with Crippen LogP contribution in [0.5, 0.6) is 11.5 Å². The minimum Gasteiger partial charge on any atom is -0.494 e. The Morgan fingerprint density at radius 3 is 2.58 bits per heavy atom. The molecule has 0 unspecified atom stereocenters. The first kappa shape index (κ1) is 17.9. The monoisotopic (exact) mass is 327 g/mol. The molecule has 2 aromatic rings. The number of ether oxygens (including phenoxy) is 2. The van der Waals surface area contributed by atoms with Gasteiger partial charge in [0.25, 0.3) is 5.91 Å². The first-order valence-corrected chi connectivity index (χ1v) is 8.21. The Bertz CT molecular complexity index is 682. The van der Waals surface area contributed by atoms with Crippen molar-refractivity contribution in [3.63, 3.8) is 0 Å². The van der Waals surface area contributed by atoms with Crippen LogP contribution in [-0.4, -0.2) is 25.7 Å². The Morgan fingerprint density at radius 1 is 1.00 bits per heavy atom. The van der Waals surface area contributed by atoms with Crippen molar-refractivity contribution in [3.05, 3.63) is 59.2 Å². The number of benzene rings is 2. The zero-order chi connectivity index (χ0) is 17.4. The Labute approximate surface area is 143 Å². The van der Waals surface area contributed by atoms with E-state index in [0.717, 1.165) is 29.0 Å². The average Bonchev–Trinajstić information content (AvgIpc) is 2.55. The van der Waals surface area contributed by atoms with Crippen LogP contribution in [0.25, 0.3) is 0 Å². The molecule has 0 aliphatic rings. The van der Waals surface area contributed by atoms with Crippen LogP contribution in [-0.2, 0) is 4.79 Å². The lowest BCUT2D eigenvalue weighted by molar-refractivity contribution is -0.123. The molecule has 0 saturated carbocycles. The summed E-state index contributed by atoms with van der Waals surface area (Å²) in [6, 6.07) is 13.9. The molecule has 0 spiro atoms. The van der Waals surface area contributed by atoms with Crippen molar-refractivity contribution in [3.8, 4) is 11.5 Å². The van der Waals surface area contributed by atoms with Crippen LogP contribution in [0.15, 0.2) is 42.5 Å². The van der Waals surface area contributed by atoms with Gasteiger partial charge in [0, 0.05) is 6.54 Å². The second-order valence-electron chi connectivity index (χ2n) is 5.93. The number of rotatable bonds is 8. The van der Waals surface area contributed by atoms with Crippen LogP contribution >= 0.6 is 0 Å². The highest BCUT2D eigenvalue weighted by Gasteiger charge is 2.05. The molecule has 0 heterocycles. The fourth-order valence-corrected chi connectivity index (χ4v) is 2.25. The van der Waals surface area contributed by atoms with E-state index in [0.29, 0.717) is 13.2 Å². The predicted molar refractivity (Wildman–Crippen MR) is 95.7 cm³/mol. The number of aryl methyl sites for hydroxylation is 3. The predicted octanol–water partition coefficient (Wildman–Crippen LogP) is 3.58. The van der Waals surface area contributed by atoms with Crippen LogP contribution in [0.3, 0.4) is 0 Å². The molecule has 2 rings (SSSR count). The van der Waals surface area contributed by atoms with E-state index in [-0.39, 0.29) is 12.5 Å². The lowest BCUT2D eigenvalue weighted by Crippen LogP contribution is -2.30. The van der Waals surface area contributed by atoms with Crippen molar-refractivity contribution in [2.24, 2.45) is 0 Å². The molecule has 0 saturated heterocycles. The molecule has 1 amide bonds. The summed E-state index contributed by atoms with van der Waals surface area (Å²) in [5.74, 6) is 1.50. The Morgan fingerprint density at radius 2 is 1.79 bits per heavy atom. The summed E-state index contributed by atoms with van der Waals surface area (Å²) in [6.07, 6.45) is 0.753. The highest BCUT2D eigenvalue weighted by Crippen LogP contribution is 2.18. The van der Waals surface area contributed by atoms with E-state index >= 15 is 0 Å². The van der Waals surface area contributed by atoms with E-state index in [1.165, 1.54) is 5.56 Å². The first-order valence-electron chi connectivity index (χ1n) is 8.21. The summed E-state index contributed by atoms with van der Waals surface area (Å²) in [4.78, 5) is 11.8. The minimum atomic E-state index is -0.119. The molecule has 24 heavy (non-hydrogen) atoms. The zero-order valence-electron chi connectivity index (χ0n) is 14.6. The molecule has 1 N–H and O–H groups in total. The Balaban J connectivity index is 1.62. The Hall–Kier alpha value is -2.49.